The molecule has 0 unspecified atom stereocenters. The molecular formula is C20H27N3O3. The number of methoxy groups -OCH3 is 1. The van der Waals surface area contributed by atoms with Gasteiger partial charge in [0.1, 0.15) is 11.3 Å². The number of β-amino-alcohol motifs (C(OH)–C–C–N with tert-alkyl or cyclic N) is 1. The molecule has 140 valence electrons. The third kappa shape index (κ3) is 3.69. The van der Waals surface area contributed by atoms with Crippen molar-refractivity contribution in [2.45, 2.75) is 25.1 Å². The molecule has 1 N–H and O–H groups in total. The molecule has 0 saturated carbocycles. The molecule has 0 bridgehead atoms. The van der Waals surface area contributed by atoms with E-state index in [0.29, 0.717) is 6.54 Å². The quantitative estimate of drug-likeness (QED) is 0.895. The zero-order valence-corrected chi connectivity index (χ0v) is 15.3. The lowest BCUT2D eigenvalue weighted by atomic mass is 9.99. The topological polar surface area (TPSA) is 58.1 Å². The van der Waals surface area contributed by atoms with E-state index in [1.54, 1.807) is 7.11 Å². The Bertz CT molecular complexity index is 748. The van der Waals surface area contributed by atoms with Crippen molar-refractivity contribution in [1.29, 1.82) is 0 Å². The first-order valence-corrected chi connectivity index (χ1v) is 9.39. The third-order valence-electron chi connectivity index (χ3n) is 5.49. The molecule has 3 heterocycles. The van der Waals surface area contributed by atoms with Gasteiger partial charge in [0.2, 0.25) is 0 Å². The summed E-state index contributed by atoms with van der Waals surface area (Å²) in [4.78, 5) is 9.48. The van der Waals surface area contributed by atoms with Gasteiger partial charge in [0.15, 0.2) is 0 Å². The molecule has 2 aliphatic heterocycles. The van der Waals surface area contributed by atoms with Crippen LogP contribution in [0.3, 0.4) is 0 Å². The van der Waals surface area contributed by atoms with E-state index in [0.717, 1.165) is 68.2 Å². The Labute approximate surface area is 154 Å². The SMILES string of the molecule is COc1cccc2ccc(CN3CC[C@@H](N4CCOCC4)[C@H](O)C3)nc12. The summed E-state index contributed by atoms with van der Waals surface area (Å²) >= 11 is 0. The van der Waals surface area contributed by atoms with Crippen molar-refractivity contribution in [2.75, 3.05) is 46.5 Å². The average molecular weight is 357 g/mol. The molecule has 2 aliphatic rings. The minimum Gasteiger partial charge on any atom is -0.494 e. The van der Waals surface area contributed by atoms with Gasteiger partial charge in [-0.2, -0.15) is 0 Å². The molecule has 6 nitrogen and oxygen atoms in total. The van der Waals surface area contributed by atoms with Crippen LogP contribution >= 0.6 is 0 Å². The van der Waals surface area contributed by atoms with E-state index in [4.69, 9.17) is 14.5 Å². The number of aliphatic hydroxyl groups is 1. The number of rotatable bonds is 4. The monoisotopic (exact) mass is 357 g/mol. The Kier molecular flexibility index (Phi) is 5.36. The van der Waals surface area contributed by atoms with Crippen molar-refractivity contribution in [1.82, 2.24) is 14.8 Å². The van der Waals surface area contributed by atoms with Crippen molar-refractivity contribution in [3.8, 4) is 5.75 Å². The number of piperidine rings is 1. The molecule has 26 heavy (non-hydrogen) atoms. The van der Waals surface area contributed by atoms with Crippen LogP contribution in [0.4, 0.5) is 0 Å². The summed E-state index contributed by atoms with van der Waals surface area (Å²) in [6.07, 6.45) is 0.662. The highest BCUT2D eigenvalue weighted by Gasteiger charge is 2.32. The molecule has 2 aromatic rings. The first-order valence-electron chi connectivity index (χ1n) is 9.39. The molecule has 6 heteroatoms. The van der Waals surface area contributed by atoms with E-state index >= 15 is 0 Å². The number of ether oxygens (including phenoxy) is 2. The highest BCUT2D eigenvalue weighted by molar-refractivity contribution is 5.84. The fourth-order valence-electron chi connectivity index (χ4n) is 4.11. The van der Waals surface area contributed by atoms with Crippen molar-refractivity contribution in [3.05, 3.63) is 36.0 Å². The van der Waals surface area contributed by atoms with E-state index in [1.165, 1.54) is 0 Å². The van der Waals surface area contributed by atoms with Crippen LogP contribution in [0.15, 0.2) is 30.3 Å². The molecule has 0 aliphatic carbocycles. The maximum absolute atomic E-state index is 10.7. The Balaban J connectivity index is 1.43. The molecule has 1 aromatic carbocycles. The molecule has 2 fully saturated rings. The van der Waals surface area contributed by atoms with Crippen molar-refractivity contribution >= 4 is 10.9 Å². The van der Waals surface area contributed by atoms with Gasteiger partial charge in [0.25, 0.3) is 0 Å². The van der Waals surface area contributed by atoms with Gasteiger partial charge in [-0.3, -0.25) is 9.80 Å². The smallest absolute Gasteiger partial charge is 0.145 e. The summed E-state index contributed by atoms with van der Waals surface area (Å²) in [5.74, 6) is 0.801. The van der Waals surface area contributed by atoms with Gasteiger partial charge in [0, 0.05) is 44.2 Å². The standard InChI is InChI=1S/C20H27N3O3/c1-25-19-4-2-3-15-5-6-16(21-20(15)19)13-22-8-7-17(18(24)14-22)23-9-11-26-12-10-23/h2-6,17-18,24H,7-14H2,1H3/t17-,18-/m1/s1. The molecular weight excluding hydrogens is 330 g/mol. The van der Waals surface area contributed by atoms with Gasteiger partial charge in [-0.05, 0) is 18.6 Å². The number of likely N-dealkylation sites (tertiary alicyclic amines) is 1. The number of hydrogen-bond acceptors (Lipinski definition) is 6. The van der Waals surface area contributed by atoms with Crippen LogP contribution in [-0.4, -0.2) is 78.5 Å². The number of aliphatic hydroxyl groups excluding tert-OH is 1. The predicted octanol–water partition coefficient (Wildman–Crippen LogP) is 1.51. The van der Waals surface area contributed by atoms with Gasteiger partial charge in [-0.15, -0.1) is 0 Å². The highest BCUT2D eigenvalue weighted by atomic mass is 16.5. The number of nitrogens with zero attached hydrogens (tertiary/aromatic N) is 3. The van der Waals surface area contributed by atoms with E-state index in [2.05, 4.69) is 21.9 Å². The zero-order chi connectivity index (χ0) is 17.9. The second-order valence-electron chi connectivity index (χ2n) is 7.14. The van der Waals surface area contributed by atoms with Crippen LogP contribution in [0.25, 0.3) is 10.9 Å². The zero-order valence-electron chi connectivity index (χ0n) is 15.3. The fraction of sp³-hybridized carbons (Fsp3) is 0.550. The minimum atomic E-state index is -0.322. The first-order chi connectivity index (χ1) is 12.7. The Morgan fingerprint density at radius 1 is 1.19 bits per heavy atom. The Morgan fingerprint density at radius 3 is 2.81 bits per heavy atom. The normalized spacial score (nSPS) is 25.5. The summed E-state index contributed by atoms with van der Waals surface area (Å²) in [5, 5.41) is 11.7. The van der Waals surface area contributed by atoms with Gasteiger partial charge < -0.3 is 14.6 Å². The van der Waals surface area contributed by atoms with Gasteiger partial charge >= 0.3 is 0 Å². The van der Waals surface area contributed by atoms with Crippen LogP contribution in [0.1, 0.15) is 12.1 Å². The number of pyridine rings is 1. The van der Waals surface area contributed by atoms with Crippen molar-refractivity contribution in [3.63, 3.8) is 0 Å². The van der Waals surface area contributed by atoms with Gasteiger partial charge in [-0.1, -0.05) is 18.2 Å². The predicted molar refractivity (Wildman–Crippen MR) is 100 cm³/mol. The Morgan fingerprint density at radius 2 is 2.04 bits per heavy atom. The fourth-order valence-corrected chi connectivity index (χ4v) is 4.11. The van der Waals surface area contributed by atoms with E-state index in [-0.39, 0.29) is 12.1 Å². The van der Waals surface area contributed by atoms with Gasteiger partial charge in [0.05, 0.1) is 32.1 Å². The molecule has 2 saturated heterocycles. The molecule has 0 amide bonds. The number of morpholine rings is 1. The molecule has 0 radical (unpaired) electrons. The van der Waals surface area contributed by atoms with Gasteiger partial charge in [-0.25, -0.2) is 4.98 Å². The van der Waals surface area contributed by atoms with Crippen molar-refractivity contribution in [2.24, 2.45) is 0 Å². The summed E-state index contributed by atoms with van der Waals surface area (Å²) in [6, 6.07) is 10.4. The number of benzene rings is 1. The number of para-hydroxylation sites is 1. The summed E-state index contributed by atoms with van der Waals surface area (Å²) in [6.45, 7) is 5.81. The maximum Gasteiger partial charge on any atom is 0.145 e. The molecule has 4 rings (SSSR count). The summed E-state index contributed by atoms with van der Waals surface area (Å²) in [7, 11) is 1.68. The third-order valence-corrected chi connectivity index (χ3v) is 5.49. The molecule has 0 spiro atoms. The van der Waals surface area contributed by atoms with Crippen LogP contribution in [0.5, 0.6) is 5.75 Å². The molecule has 2 atom stereocenters. The van der Waals surface area contributed by atoms with E-state index in [9.17, 15) is 5.11 Å². The van der Waals surface area contributed by atoms with E-state index < -0.39 is 0 Å². The van der Waals surface area contributed by atoms with Crippen LogP contribution in [-0.2, 0) is 11.3 Å². The second kappa shape index (κ2) is 7.88. The maximum atomic E-state index is 10.7. The van der Waals surface area contributed by atoms with Crippen LogP contribution in [0, 0.1) is 0 Å². The van der Waals surface area contributed by atoms with Crippen LogP contribution in [0.2, 0.25) is 0 Å². The number of fused-ring (bicyclic) bond motifs is 1. The van der Waals surface area contributed by atoms with Crippen molar-refractivity contribution < 1.29 is 14.6 Å². The largest absolute Gasteiger partial charge is 0.494 e. The highest BCUT2D eigenvalue weighted by Crippen LogP contribution is 2.25. The summed E-state index contributed by atoms with van der Waals surface area (Å²) in [5.41, 5.74) is 1.91. The lowest BCUT2D eigenvalue weighted by Crippen LogP contribution is -2.56. The number of aromatic nitrogens is 1. The lowest BCUT2D eigenvalue weighted by Gasteiger charge is -2.43. The Hall–Kier alpha value is -1.73. The summed E-state index contributed by atoms with van der Waals surface area (Å²) < 4.78 is 10.9. The number of hydrogen-bond donors (Lipinski definition) is 1. The van der Waals surface area contributed by atoms with Crippen LogP contribution < -0.4 is 4.74 Å². The van der Waals surface area contributed by atoms with E-state index in [1.807, 2.05) is 18.2 Å². The average Bonchev–Trinajstić information content (AvgIpc) is 2.68. The first kappa shape index (κ1) is 17.7. The second-order valence-corrected chi connectivity index (χ2v) is 7.14. The minimum absolute atomic E-state index is 0.250. The lowest BCUT2D eigenvalue weighted by molar-refractivity contribution is -0.0535. The molecule has 1 aromatic heterocycles.